The summed E-state index contributed by atoms with van der Waals surface area (Å²) in [5.74, 6) is 2.34. The first-order valence-corrected chi connectivity index (χ1v) is 6.29. The van der Waals surface area contributed by atoms with Crippen LogP contribution >= 0.6 is 15.9 Å². The van der Waals surface area contributed by atoms with Gasteiger partial charge in [0.1, 0.15) is 0 Å². The second-order valence-corrected chi connectivity index (χ2v) is 4.71. The number of hydrogen-bond donors (Lipinski definition) is 0. The quantitative estimate of drug-likeness (QED) is 0.731. The van der Waals surface area contributed by atoms with Crippen LogP contribution in [0.4, 0.5) is 0 Å². The Morgan fingerprint density at radius 2 is 1.84 bits per heavy atom. The number of halogens is 1. The molecule has 0 unspecified atom stereocenters. The third-order valence-electron chi connectivity index (χ3n) is 2.42. The molecule has 3 rings (SSSR count). The highest BCUT2D eigenvalue weighted by atomic mass is 79.9. The summed E-state index contributed by atoms with van der Waals surface area (Å²) in [5.41, 5.74) is 0.962. The molecule has 3 heterocycles. The molecule has 19 heavy (non-hydrogen) atoms. The standard InChI is InChI=1S/C11H9BrN4O3/c1-5-3-7(17-10(5)12)11-14-9(16-19-11)4-8-13-6(2)18-15-8/h3H,4H2,1-2H3. The van der Waals surface area contributed by atoms with E-state index in [1.54, 1.807) is 6.92 Å². The molecule has 0 saturated heterocycles. The van der Waals surface area contributed by atoms with Crippen molar-refractivity contribution in [1.29, 1.82) is 0 Å². The van der Waals surface area contributed by atoms with Crippen molar-refractivity contribution in [2.24, 2.45) is 0 Å². The summed E-state index contributed by atoms with van der Waals surface area (Å²) < 4.78 is 16.1. The Morgan fingerprint density at radius 1 is 1.11 bits per heavy atom. The predicted molar refractivity (Wildman–Crippen MR) is 66.3 cm³/mol. The molecule has 0 bridgehead atoms. The monoisotopic (exact) mass is 324 g/mol. The molecular weight excluding hydrogens is 316 g/mol. The molecule has 0 amide bonds. The Kier molecular flexibility index (Phi) is 2.94. The third-order valence-corrected chi connectivity index (χ3v) is 3.21. The molecule has 0 saturated carbocycles. The molecule has 0 aliphatic rings. The Balaban J connectivity index is 1.83. The second kappa shape index (κ2) is 4.61. The SMILES string of the molecule is Cc1nc(Cc2noc(-c3cc(C)c(Br)o3)n2)no1. The van der Waals surface area contributed by atoms with Crippen LogP contribution in [0.5, 0.6) is 0 Å². The van der Waals surface area contributed by atoms with Gasteiger partial charge in [0.25, 0.3) is 5.89 Å². The second-order valence-electron chi connectivity index (χ2n) is 3.99. The highest BCUT2D eigenvalue weighted by Gasteiger charge is 2.16. The van der Waals surface area contributed by atoms with E-state index in [0.717, 1.165) is 5.56 Å². The largest absolute Gasteiger partial charge is 0.444 e. The van der Waals surface area contributed by atoms with Gasteiger partial charge < -0.3 is 13.5 Å². The molecule has 3 aromatic rings. The van der Waals surface area contributed by atoms with Gasteiger partial charge in [-0.25, -0.2) is 0 Å². The summed E-state index contributed by atoms with van der Waals surface area (Å²) in [5, 5.41) is 7.63. The molecule has 3 aromatic heterocycles. The minimum atomic E-state index is 0.323. The molecule has 0 atom stereocenters. The lowest BCUT2D eigenvalue weighted by Gasteiger charge is -1.85. The number of aryl methyl sites for hydroxylation is 2. The lowest BCUT2D eigenvalue weighted by Crippen LogP contribution is -1.93. The molecule has 0 aliphatic heterocycles. The topological polar surface area (TPSA) is 91.0 Å². The highest BCUT2D eigenvalue weighted by Crippen LogP contribution is 2.27. The fraction of sp³-hybridized carbons (Fsp3) is 0.273. The van der Waals surface area contributed by atoms with Gasteiger partial charge in [0.2, 0.25) is 5.89 Å². The van der Waals surface area contributed by atoms with Gasteiger partial charge in [-0.15, -0.1) is 0 Å². The van der Waals surface area contributed by atoms with E-state index in [-0.39, 0.29) is 0 Å². The smallest absolute Gasteiger partial charge is 0.293 e. The lowest BCUT2D eigenvalue weighted by molar-refractivity contribution is 0.386. The molecule has 0 N–H and O–H groups in total. The minimum absolute atomic E-state index is 0.323. The molecule has 0 fully saturated rings. The van der Waals surface area contributed by atoms with Crippen molar-refractivity contribution < 1.29 is 13.5 Å². The van der Waals surface area contributed by atoms with Gasteiger partial charge in [0.15, 0.2) is 22.1 Å². The number of hydrogen-bond acceptors (Lipinski definition) is 7. The van der Waals surface area contributed by atoms with Crippen LogP contribution in [-0.2, 0) is 6.42 Å². The van der Waals surface area contributed by atoms with E-state index >= 15 is 0 Å². The van der Waals surface area contributed by atoms with Gasteiger partial charge in [0.05, 0.1) is 6.42 Å². The molecule has 7 nitrogen and oxygen atoms in total. The number of furan rings is 1. The zero-order valence-electron chi connectivity index (χ0n) is 10.2. The van der Waals surface area contributed by atoms with Crippen LogP contribution in [-0.4, -0.2) is 20.3 Å². The fourth-order valence-electron chi connectivity index (χ4n) is 1.55. The van der Waals surface area contributed by atoms with E-state index in [0.29, 0.717) is 40.3 Å². The molecule has 0 aromatic carbocycles. The number of rotatable bonds is 3. The van der Waals surface area contributed by atoms with Crippen LogP contribution in [0.2, 0.25) is 0 Å². The highest BCUT2D eigenvalue weighted by molar-refractivity contribution is 9.10. The summed E-state index contributed by atoms with van der Waals surface area (Å²) in [6, 6.07) is 1.82. The van der Waals surface area contributed by atoms with E-state index < -0.39 is 0 Å². The zero-order valence-corrected chi connectivity index (χ0v) is 11.8. The van der Waals surface area contributed by atoms with Crippen LogP contribution < -0.4 is 0 Å². The summed E-state index contributed by atoms with van der Waals surface area (Å²) in [4.78, 5) is 8.30. The first kappa shape index (κ1) is 12.1. The molecule has 0 spiro atoms. The number of aromatic nitrogens is 4. The lowest BCUT2D eigenvalue weighted by atomic mass is 10.3. The molecule has 8 heteroatoms. The molecular formula is C11H9BrN4O3. The zero-order chi connectivity index (χ0) is 13.4. The first-order chi connectivity index (χ1) is 9.11. The minimum Gasteiger partial charge on any atom is -0.444 e. The number of nitrogens with zero attached hydrogens (tertiary/aromatic N) is 4. The average Bonchev–Trinajstić information content (AvgIpc) is 3.04. The predicted octanol–water partition coefficient (Wildman–Crippen LogP) is 2.68. The van der Waals surface area contributed by atoms with Gasteiger partial charge >= 0.3 is 0 Å². The van der Waals surface area contributed by atoms with Gasteiger partial charge in [-0.2, -0.15) is 9.97 Å². The maximum absolute atomic E-state index is 5.44. The van der Waals surface area contributed by atoms with E-state index in [4.69, 9.17) is 13.5 Å². The van der Waals surface area contributed by atoms with Crippen LogP contribution in [0, 0.1) is 13.8 Å². The summed E-state index contributed by atoms with van der Waals surface area (Å²) in [7, 11) is 0. The van der Waals surface area contributed by atoms with E-state index in [9.17, 15) is 0 Å². The third kappa shape index (κ3) is 2.43. The fourth-order valence-corrected chi connectivity index (χ4v) is 1.83. The molecule has 0 aliphatic carbocycles. The maximum Gasteiger partial charge on any atom is 0.293 e. The molecule has 0 radical (unpaired) electrons. The summed E-state index contributed by atoms with van der Waals surface area (Å²) in [6.45, 7) is 3.64. The average molecular weight is 325 g/mol. The van der Waals surface area contributed by atoms with Crippen LogP contribution in [0.1, 0.15) is 23.1 Å². The van der Waals surface area contributed by atoms with Crippen LogP contribution in [0.25, 0.3) is 11.7 Å². The maximum atomic E-state index is 5.44. The van der Waals surface area contributed by atoms with Crippen molar-refractivity contribution in [3.8, 4) is 11.7 Å². The van der Waals surface area contributed by atoms with E-state index in [1.807, 2.05) is 13.0 Å². The Hall–Kier alpha value is -1.96. The Labute approximate surface area is 116 Å². The van der Waals surface area contributed by atoms with E-state index in [1.165, 1.54) is 0 Å². The Bertz CT molecular complexity index is 696. The van der Waals surface area contributed by atoms with Crippen molar-refractivity contribution in [2.45, 2.75) is 20.3 Å². The first-order valence-electron chi connectivity index (χ1n) is 5.50. The van der Waals surface area contributed by atoms with Crippen molar-refractivity contribution in [3.63, 3.8) is 0 Å². The summed E-state index contributed by atoms with van der Waals surface area (Å²) >= 11 is 3.29. The summed E-state index contributed by atoms with van der Waals surface area (Å²) in [6.07, 6.45) is 0.349. The van der Waals surface area contributed by atoms with Crippen LogP contribution in [0.15, 0.2) is 24.2 Å². The van der Waals surface area contributed by atoms with Gasteiger partial charge in [-0.05, 0) is 28.9 Å². The van der Waals surface area contributed by atoms with Crippen molar-refractivity contribution in [3.05, 3.63) is 33.8 Å². The normalized spacial score (nSPS) is 11.1. The van der Waals surface area contributed by atoms with Gasteiger partial charge in [0, 0.05) is 12.5 Å². The van der Waals surface area contributed by atoms with Gasteiger partial charge in [-0.1, -0.05) is 10.3 Å². The van der Waals surface area contributed by atoms with Gasteiger partial charge in [-0.3, -0.25) is 0 Å². The molecule has 98 valence electrons. The van der Waals surface area contributed by atoms with Crippen molar-refractivity contribution in [1.82, 2.24) is 20.3 Å². The van der Waals surface area contributed by atoms with E-state index in [2.05, 4.69) is 36.2 Å². The van der Waals surface area contributed by atoms with Crippen molar-refractivity contribution >= 4 is 15.9 Å². The van der Waals surface area contributed by atoms with Crippen molar-refractivity contribution in [2.75, 3.05) is 0 Å². The Morgan fingerprint density at radius 3 is 2.47 bits per heavy atom. The van der Waals surface area contributed by atoms with Crippen LogP contribution in [0.3, 0.4) is 0 Å².